The average Bonchev–Trinajstić information content (AvgIpc) is 3.11. The van der Waals surface area contributed by atoms with Crippen LogP contribution in [0.5, 0.6) is 0 Å². The van der Waals surface area contributed by atoms with Gasteiger partial charge in [-0.2, -0.15) is 0 Å². The Kier molecular flexibility index (Phi) is 2.34. The number of nitrogens with zero attached hydrogens (tertiary/aromatic N) is 4. The second kappa shape index (κ2) is 3.92. The molecule has 0 unspecified atom stereocenters. The summed E-state index contributed by atoms with van der Waals surface area (Å²) in [6.07, 6.45) is 9.25. The molecule has 1 saturated carbocycles. The van der Waals surface area contributed by atoms with Gasteiger partial charge in [0.1, 0.15) is 0 Å². The summed E-state index contributed by atoms with van der Waals surface area (Å²) in [6.45, 7) is 4.89. The number of hydrogen-bond donors (Lipinski definition) is 0. The maximum atomic E-state index is 4.38. The quantitative estimate of drug-likeness (QED) is 0.807. The van der Waals surface area contributed by atoms with Crippen LogP contribution in [0.15, 0.2) is 18.5 Å². The zero-order valence-electron chi connectivity index (χ0n) is 10.8. The van der Waals surface area contributed by atoms with Gasteiger partial charge in [0.2, 0.25) is 5.95 Å². The molecule has 0 radical (unpaired) electrons. The minimum absolute atomic E-state index is 0.460. The summed E-state index contributed by atoms with van der Waals surface area (Å²) < 4.78 is 0. The Labute approximate surface area is 108 Å². The number of anilines is 1. The van der Waals surface area contributed by atoms with Gasteiger partial charge in [-0.05, 0) is 37.7 Å². The van der Waals surface area contributed by atoms with Crippen LogP contribution in [0.1, 0.15) is 25.7 Å². The zero-order chi connectivity index (χ0) is 12.0. The summed E-state index contributed by atoms with van der Waals surface area (Å²) >= 11 is 0. The zero-order valence-corrected chi connectivity index (χ0v) is 10.8. The first kappa shape index (κ1) is 10.7. The van der Waals surface area contributed by atoms with Crippen molar-refractivity contribution in [3.63, 3.8) is 0 Å². The van der Waals surface area contributed by atoms with Gasteiger partial charge in [-0.25, -0.2) is 9.97 Å². The van der Waals surface area contributed by atoms with E-state index in [1.54, 1.807) is 0 Å². The third-order valence-corrected chi connectivity index (χ3v) is 4.86. The molecule has 4 rings (SSSR count). The van der Waals surface area contributed by atoms with E-state index in [1.807, 2.05) is 18.5 Å². The minimum atomic E-state index is 0.460. The van der Waals surface area contributed by atoms with Crippen LogP contribution in [-0.4, -0.2) is 46.6 Å². The number of aromatic nitrogens is 2. The van der Waals surface area contributed by atoms with E-state index in [4.69, 9.17) is 0 Å². The fourth-order valence-corrected chi connectivity index (χ4v) is 3.43. The van der Waals surface area contributed by atoms with E-state index in [0.29, 0.717) is 5.54 Å². The molecule has 0 bridgehead atoms. The van der Waals surface area contributed by atoms with Crippen LogP contribution in [-0.2, 0) is 0 Å². The van der Waals surface area contributed by atoms with E-state index in [1.165, 1.54) is 38.8 Å². The Morgan fingerprint density at radius 2 is 1.94 bits per heavy atom. The molecule has 1 aromatic heterocycles. The minimum Gasteiger partial charge on any atom is -0.339 e. The highest BCUT2D eigenvalue weighted by atomic mass is 15.4. The second-order valence-corrected chi connectivity index (χ2v) is 6.08. The van der Waals surface area contributed by atoms with Crippen LogP contribution in [0.25, 0.3) is 0 Å². The van der Waals surface area contributed by atoms with E-state index >= 15 is 0 Å². The van der Waals surface area contributed by atoms with Crippen LogP contribution in [0.4, 0.5) is 5.95 Å². The highest BCUT2D eigenvalue weighted by molar-refractivity contribution is 5.34. The normalized spacial score (nSPS) is 31.9. The molecular formula is C14H20N4. The molecule has 0 aromatic carbocycles. The van der Waals surface area contributed by atoms with Crippen molar-refractivity contribution in [2.45, 2.75) is 31.2 Å². The molecule has 1 aromatic rings. The van der Waals surface area contributed by atoms with Crippen molar-refractivity contribution < 1.29 is 0 Å². The second-order valence-electron chi connectivity index (χ2n) is 6.08. The van der Waals surface area contributed by atoms with Gasteiger partial charge in [0.15, 0.2) is 0 Å². The number of likely N-dealkylation sites (tertiary alicyclic amines) is 1. The lowest BCUT2D eigenvalue weighted by molar-refractivity contribution is -0.000884. The van der Waals surface area contributed by atoms with Gasteiger partial charge in [0, 0.05) is 44.1 Å². The molecule has 3 heterocycles. The summed E-state index contributed by atoms with van der Waals surface area (Å²) in [5.41, 5.74) is 0.460. The molecular weight excluding hydrogens is 224 g/mol. The van der Waals surface area contributed by atoms with E-state index in [-0.39, 0.29) is 0 Å². The Morgan fingerprint density at radius 3 is 2.61 bits per heavy atom. The lowest BCUT2D eigenvalue weighted by Gasteiger charge is -2.51. The van der Waals surface area contributed by atoms with E-state index < -0.39 is 0 Å². The molecule has 2 saturated heterocycles. The van der Waals surface area contributed by atoms with Gasteiger partial charge < -0.3 is 4.90 Å². The molecule has 4 heteroatoms. The van der Waals surface area contributed by atoms with Gasteiger partial charge in [0.05, 0.1) is 0 Å². The van der Waals surface area contributed by atoms with Gasteiger partial charge in [0.25, 0.3) is 0 Å². The first-order valence-corrected chi connectivity index (χ1v) is 7.13. The van der Waals surface area contributed by atoms with Gasteiger partial charge in [-0.3, -0.25) is 4.90 Å². The third kappa shape index (κ3) is 1.70. The topological polar surface area (TPSA) is 32.3 Å². The largest absolute Gasteiger partial charge is 0.339 e. The van der Waals surface area contributed by atoms with Gasteiger partial charge >= 0.3 is 0 Å². The van der Waals surface area contributed by atoms with Crippen molar-refractivity contribution in [1.82, 2.24) is 14.9 Å². The first-order chi connectivity index (χ1) is 8.86. The molecule has 2 aliphatic heterocycles. The van der Waals surface area contributed by atoms with E-state index in [0.717, 1.165) is 25.0 Å². The average molecular weight is 244 g/mol. The fraction of sp³-hybridized carbons (Fsp3) is 0.714. The van der Waals surface area contributed by atoms with Crippen molar-refractivity contribution in [3.8, 4) is 0 Å². The van der Waals surface area contributed by atoms with Crippen LogP contribution < -0.4 is 4.90 Å². The van der Waals surface area contributed by atoms with E-state index in [2.05, 4.69) is 19.8 Å². The molecule has 3 fully saturated rings. The molecule has 1 aliphatic carbocycles. The van der Waals surface area contributed by atoms with Crippen molar-refractivity contribution in [2.75, 3.05) is 31.1 Å². The number of rotatable bonds is 3. The predicted molar refractivity (Wildman–Crippen MR) is 70.5 cm³/mol. The predicted octanol–water partition coefficient (Wildman–Crippen LogP) is 1.54. The summed E-state index contributed by atoms with van der Waals surface area (Å²) in [7, 11) is 0. The summed E-state index contributed by atoms with van der Waals surface area (Å²) in [6, 6.07) is 1.89. The molecule has 96 valence electrons. The van der Waals surface area contributed by atoms with Crippen LogP contribution in [0.2, 0.25) is 0 Å². The molecule has 1 spiro atoms. The van der Waals surface area contributed by atoms with Crippen molar-refractivity contribution in [1.29, 1.82) is 0 Å². The highest BCUT2D eigenvalue weighted by Crippen LogP contribution is 2.42. The highest BCUT2D eigenvalue weighted by Gasteiger charge is 2.50. The molecule has 0 N–H and O–H groups in total. The standard InChI is InChI=1S/C14H20N4/c1-6-15-13(16-7-1)17-8-4-14(11-17)5-9-18(14)10-12-2-3-12/h1,6-7,12H,2-5,8-11H2/t14-/m0/s1. The van der Waals surface area contributed by atoms with Crippen LogP contribution in [0, 0.1) is 5.92 Å². The lowest BCUT2D eigenvalue weighted by atomic mass is 9.83. The summed E-state index contributed by atoms with van der Waals surface area (Å²) in [5, 5.41) is 0. The Hall–Kier alpha value is -1.16. The third-order valence-electron chi connectivity index (χ3n) is 4.86. The van der Waals surface area contributed by atoms with Crippen molar-refractivity contribution >= 4 is 5.95 Å². The van der Waals surface area contributed by atoms with Gasteiger partial charge in [-0.1, -0.05) is 0 Å². The molecule has 1 atom stereocenters. The smallest absolute Gasteiger partial charge is 0.225 e. The lowest BCUT2D eigenvalue weighted by Crippen LogP contribution is -2.61. The van der Waals surface area contributed by atoms with Crippen LogP contribution >= 0.6 is 0 Å². The fourth-order valence-electron chi connectivity index (χ4n) is 3.43. The number of hydrogen-bond acceptors (Lipinski definition) is 4. The first-order valence-electron chi connectivity index (χ1n) is 7.13. The molecule has 18 heavy (non-hydrogen) atoms. The Morgan fingerprint density at radius 1 is 1.17 bits per heavy atom. The summed E-state index contributed by atoms with van der Waals surface area (Å²) in [4.78, 5) is 13.8. The van der Waals surface area contributed by atoms with Crippen molar-refractivity contribution in [2.24, 2.45) is 5.92 Å². The Bertz CT molecular complexity index is 431. The molecule has 4 nitrogen and oxygen atoms in total. The SMILES string of the molecule is c1cnc(N2CC[C@]3(CCN3CC3CC3)C2)nc1. The maximum absolute atomic E-state index is 4.38. The van der Waals surface area contributed by atoms with Crippen LogP contribution in [0.3, 0.4) is 0 Å². The Balaban J connectivity index is 1.46. The van der Waals surface area contributed by atoms with Gasteiger partial charge in [-0.15, -0.1) is 0 Å². The monoisotopic (exact) mass is 244 g/mol. The maximum Gasteiger partial charge on any atom is 0.225 e. The molecule has 3 aliphatic rings. The van der Waals surface area contributed by atoms with E-state index in [9.17, 15) is 0 Å². The summed E-state index contributed by atoms with van der Waals surface area (Å²) in [5.74, 6) is 1.91. The molecule has 0 amide bonds. The van der Waals surface area contributed by atoms with Crippen molar-refractivity contribution in [3.05, 3.63) is 18.5 Å².